The highest BCUT2D eigenvalue weighted by molar-refractivity contribution is 6.36. The molecule has 176 valence electrons. The Morgan fingerprint density at radius 1 is 0.939 bits per heavy atom. The monoisotopic (exact) mass is 455 g/mol. The Kier molecular flexibility index (Phi) is 8.29. The smallest absolute Gasteiger partial charge is 0.311 e. The van der Waals surface area contributed by atoms with Crippen LogP contribution in [0.2, 0.25) is 0 Å². The molecule has 1 fully saturated rings. The van der Waals surface area contributed by atoms with E-state index in [2.05, 4.69) is 0 Å². The summed E-state index contributed by atoms with van der Waals surface area (Å²) in [5.41, 5.74) is 1.47. The van der Waals surface area contributed by atoms with E-state index in [0.29, 0.717) is 42.2 Å². The highest BCUT2D eigenvalue weighted by atomic mass is 16.5. The first kappa shape index (κ1) is 24.1. The maximum Gasteiger partial charge on any atom is 0.311 e. The number of hydrogen-bond donors (Lipinski definition) is 0. The Balaban J connectivity index is 1.58. The maximum absolute atomic E-state index is 12.7. The van der Waals surface area contributed by atoms with Crippen LogP contribution < -0.4 is 14.2 Å². The molecule has 0 aliphatic carbocycles. The van der Waals surface area contributed by atoms with Gasteiger partial charge in [0.2, 0.25) is 11.5 Å². The van der Waals surface area contributed by atoms with Gasteiger partial charge >= 0.3 is 5.97 Å². The highest BCUT2D eigenvalue weighted by Crippen LogP contribution is 2.38. The number of benzene rings is 2. The van der Waals surface area contributed by atoms with Crippen LogP contribution in [0.4, 0.5) is 0 Å². The number of ketones is 1. The number of nitrogens with zero attached hydrogens (tertiary/aromatic N) is 1. The van der Waals surface area contributed by atoms with Crippen LogP contribution in [0.25, 0.3) is 0 Å². The molecule has 8 nitrogen and oxygen atoms in total. The first-order valence-corrected chi connectivity index (χ1v) is 10.8. The molecule has 0 bridgehead atoms. The van der Waals surface area contributed by atoms with Crippen molar-refractivity contribution < 1.29 is 33.3 Å². The third-order valence-corrected chi connectivity index (χ3v) is 5.59. The molecule has 1 atom stereocenters. The number of rotatable bonds is 9. The summed E-state index contributed by atoms with van der Waals surface area (Å²) >= 11 is 0. The minimum atomic E-state index is -0.555. The van der Waals surface area contributed by atoms with E-state index in [1.807, 2.05) is 30.3 Å². The van der Waals surface area contributed by atoms with Gasteiger partial charge in [0.05, 0.1) is 27.2 Å². The van der Waals surface area contributed by atoms with Crippen molar-refractivity contribution in [3.63, 3.8) is 0 Å². The zero-order valence-corrected chi connectivity index (χ0v) is 19.2. The van der Waals surface area contributed by atoms with E-state index in [-0.39, 0.29) is 19.6 Å². The van der Waals surface area contributed by atoms with Gasteiger partial charge in [-0.25, -0.2) is 0 Å². The van der Waals surface area contributed by atoms with Gasteiger partial charge in [-0.1, -0.05) is 30.3 Å². The number of carbonyl (C=O) groups is 3. The Labute approximate surface area is 193 Å². The fourth-order valence-corrected chi connectivity index (χ4v) is 3.88. The van der Waals surface area contributed by atoms with E-state index in [1.165, 1.54) is 26.2 Å². The number of Topliss-reactive ketones (excluding diaryl/α,β-unsaturated/α-hetero) is 1. The van der Waals surface area contributed by atoms with Crippen LogP contribution in [0.1, 0.15) is 24.0 Å². The Morgan fingerprint density at radius 3 is 2.21 bits per heavy atom. The number of esters is 1. The lowest BCUT2D eigenvalue weighted by atomic mass is 9.97. The van der Waals surface area contributed by atoms with Crippen LogP contribution in [-0.2, 0) is 32.1 Å². The molecular weight excluding hydrogens is 426 g/mol. The SMILES string of the molecule is COc1cc(COC(=O)[C@@H]2CCCN(C(=O)C(=O)Cc3ccccc3)C2)cc(OC)c1OC. The molecule has 1 saturated heterocycles. The van der Waals surface area contributed by atoms with E-state index in [4.69, 9.17) is 18.9 Å². The summed E-state index contributed by atoms with van der Waals surface area (Å²) in [6, 6.07) is 12.6. The summed E-state index contributed by atoms with van der Waals surface area (Å²) in [7, 11) is 4.54. The van der Waals surface area contributed by atoms with Crippen LogP contribution in [0.15, 0.2) is 42.5 Å². The fourth-order valence-electron chi connectivity index (χ4n) is 3.88. The standard InChI is InChI=1S/C25H29NO7/c1-30-21-13-18(14-22(31-2)23(21)32-3)16-33-25(29)19-10-7-11-26(15-19)24(28)20(27)12-17-8-5-4-6-9-17/h4-6,8-9,13-14,19H,7,10-12,15-16H2,1-3H3/t19-/m1/s1. The second-order valence-electron chi connectivity index (χ2n) is 7.82. The molecule has 1 aliphatic heterocycles. The quantitative estimate of drug-likeness (QED) is 0.424. The van der Waals surface area contributed by atoms with E-state index in [9.17, 15) is 14.4 Å². The van der Waals surface area contributed by atoms with Gasteiger partial charge in [0.1, 0.15) is 6.61 Å². The molecule has 0 aromatic heterocycles. The molecule has 0 saturated carbocycles. The maximum atomic E-state index is 12.7. The van der Waals surface area contributed by atoms with E-state index >= 15 is 0 Å². The third kappa shape index (κ3) is 6.03. The lowest BCUT2D eigenvalue weighted by molar-refractivity contribution is -0.154. The summed E-state index contributed by atoms with van der Waals surface area (Å²) < 4.78 is 21.5. The molecule has 2 aromatic carbocycles. The molecule has 0 N–H and O–H groups in total. The Morgan fingerprint density at radius 2 is 1.61 bits per heavy atom. The number of likely N-dealkylation sites (tertiary alicyclic amines) is 1. The fraction of sp³-hybridized carbons (Fsp3) is 0.400. The van der Waals surface area contributed by atoms with Crippen molar-refractivity contribution >= 4 is 17.7 Å². The number of piperidine rings is 1. The van der Waals surface area contributed by atoms with Gasteiger partial charge in [0.25, 0.3) is 5.91 Å². The van der Waals surface area contributed by atoms with Gasteiger partial charge in [-0.05, 0) is 36.1 Å². The van der Waals surface area contributed by atoms with Crippen molar-refractivity contribution in [2.75, 3.05) is 34.4 Å². The van der Waals surface area contributed by atoms with E-state index in [0.717, 1.165) is 5.56 Å². The summed E-state index contributed by atoms with van der Waals surface area (Å²) in [5.74, 6) is -0.528. The summed E-state index contributed by atoms with van der Waals surface area (Å²) in [6.45, 7) is 0.649. The molecule has 1 aliphatic rings. The van der Waals surface area contributed by atoms with Gasteiger partial charge in [-0.2, -0.15) is 0 Å². The van der Waals surface area contributed by atoms with Crippen LogP contribution in [0.5, 0.6) is 17.2 Å². The second-order valence-corrected chi connectivity index (χ2v) is 7.82. The summed E-state index contributed by atoms with van der Waals surface area (Å²) in [4.78, 5) is 39.2. The number of amides is 1. The van der Waals surface area contributed by atoms with Gasteiger partial charge in [0.15, 0.2) is 11.5 Å². The van der Waals surface area contributed by atoms with Crippen LogP contribution in [0, 0.1) is 5.92 Å². The van der Waals surface area contributed by atoms with E-state index in [1.54, 1.807) is 12.1 Å². The van der Waals surface area contributed by atoms with Crippen molar-refractivity contribution in [1.82, 2.24) is 4.90 Å². The number of carbonyl (C=O) groups excluding carboxylic acids is 3. The van der Waals surface area contributed by atoms with Gasteiger partial charge in [-0.15, -0.1) is 0 Å². The predicted molar refractivity (Wildman–Crippen MR) is 120 cm³/mol. The molecule has 1 heterocycles. The molecule has 1 amide bonds. The van der Waals surface area contributed by atoms with Crippen LogP contribution >= 0.6 is 0 Å². The molecule has 3 rings (SSSR count). The van der Waals surface area contributed by atoms with Crippen LogP contribution in [-0.4, -0.2) is 57.0 Å². The zero-order chi connectivity index (χ0) is 23.8. The van der Waals surface area contributed by atoms with Gasteiger partial charge in [-0.3, -0.25) is 14.4 Å². The number of hydrogen-bond acceptors (Lipinski definition) is 7. The number of ether oxygens (including phenoxy) is 4. The molecule has 33 heavy (non-hydrogen) atoms. The molecule has 0 radical (unpaired) electrons. The lowest BCUT2D eigenvalue weighted by Crippen LogP contribution is -2.45. The minimum absolute atomic E-state index is 0.0208. The minimum Gasteiger partial charge on any atom is -0.493 e. The lowest BCUT2D eigenvalue weighted by Gasteiger charge is -2.31. The topological polar surface area (TPSA) is 91.4 Å². The molecule has 8 heteroatoms. The van der Waals surface area contributed by atoms with Crippen molar-refractivity contribution in [3.8, 4) is 17.2 Å². The molecular formula is C25H29NO7. The predicted octanol–water partition coefficient (Wildman–Crippen LogP) is 2.81. The first-order chi connectivity index (χ1) is 16.0. The third-order valence-electron chi connectivity index (χ3n) is 5.59. The first-order valence-electron chi connectivity index (χ1n) is 10.8. The van der Waals surface area contributed by atoms with Gasteiger partial charge < -0.3 is 23.8 Å². The number of methoxy groups -OCH3 is 3. The van der Waals surface area contributed by atoms with Gasteiger partial charge in [0, 0.05) is 19.5 Å². The second kappa shape index (κ2) is 11.4. The highest BCUT2D eigenvalue weighted by Gasteiger charge is 2.32. The van der Waals surface area contributed by atoms with Crippen molar-refractivity contribution in [2.24, 2.45) is 5.92 Å². The molecule has 0 unspecified atom stereocenters. The average Bonchev–Trinajstić information content (AvgIpc) is 2.86. The van der Waals surface area contributed by atoms with Crippen LogP contribution in [0.3, 0.4) is 0 Å². The largest absolute Gasteiger partial charge is 0.493 e. The summed E-state index contributed by atoms with van der Waals surface area (Å²) in [6.07, 6.45) is 1.28. The van der Waals surface area contributed by atoms with Crippen molar-refractivity contribution in [1.29, 1.82) is 0 Å². The normalized spacial score (nSPS) is 15.5. The van der Waals surface area contributed by atoms with E-state index < -0.39 is 23.6 Å². The zero-order valence-electron chi connectivity index (χ0n) is 19.2. The molecule has 2 aromatic rings. The van der Waals surface area contributed by atoms with Crippen molar-refractivity contribution in [2.45, 2.75) is 25.9 Å². The Bertz CT molecular complexity index is 964. The average molecular weight is 456 g/mol. The Hall–Kier alpha value is -3.55. The molecule has 0 spiro atoms. The van der Waals surface area contributed by atoms with Crippen molar-refractivity contribution in [3.05, 3.63) is 53.6 Å². The summed E-state index contributed by atoms with van der Waals surface area (Å²) in [5, 5.41) is 0.